The molecule has 1 atom stereocenters. The molecule has 0 bridgehead atoms. The lowest BCUT2D eigenvalue weighted by Crippen LogP contribution is -2.51. The van der Waals surface area contributed by atoms with Gasteiger partial charge in [0.25, 0.3) is 0 Å². The van der Waals surface area contributed by atoms with Gasteiger partial charge in [0.15, 0.2) is 0 Å². The molecule has 1 nitrogen and oxygen atoms in total. The molecule has 1 heterocycles. The summed E-state index contributed by atoms with van der Waals surface area (Å²) in [5, 5.41) is 3.90. The summed E-state index contributed by atoms with van der Waals surface area (Å²) in [6.45, 7) is 10.5. The average Bonchev–Trinajstić information content (AvgIpc) is 2.60. The second kappa shape index (κ2) is 6.09. The van der Waals surface area contributed by atoms with Gasteiger partial charge in [-0.15, -0.1) is 0 Å². The van der Waals surface area contributed by atoms with Gasteiger partial charge in [-0.2, -0.15) is 0 Å². The quantitative estimate of drug-likeness (QED) is 0.848. The number of hydrogen-bond donors (Lipinski definition) is 1. The first-order valence-electron chi connectivity index (χ1n) is 7.85. The minimum Gasteiger partial charge on any atom is -0.311 e. The average molecular weight is 259 g/mol. The van der Waals surface area contributed by atoms with E-state index in [-0.39, 0.29) is 0 Å². The Balaban J connectivity index is 2.30. The van der Waals surface area contributed by atoms with Crippen molar-refractivity contribution >= 4 is 0 Å². The third kappa shape index (κ3) is 3.20. The zero-order valence-corrected chi connectivity index (χ0v) is 13.1. The predicted molar refractivity (Wildman–Crippen MR) is 83.7 cm³/mol. The summed E-state index contributed by atoms with van der Waals surface area (Å²) in [6.07, 6.45) is 6.59. The van der Waals surface area contributed by atoms with E-state index in [4.69, 9.17) is 0 Å². The molecule has 0 amide bonds. The maximum Gasteiger partial charge on any atom is 0.0244 e. The highest BCUT2D eigenvalue weighted by atomic mass is 15.0. The molecule has 1 N–H and O–H groups in total. The molecule has 106 valence electrons. The normalized spacial score (nSPS) is 24.5. The van der Waals surface area contributed by atoms with Crippen LogP contribution in [0.5, 0.6) is 0 Å². The van der Waals surface area contributed by atoms with Crippen molar-refractivity contribution in [1.82, 2.24) is 5.32 Å². The number of aryl methyl sites for hydroxylation is 2. The summed E-state index contributed by atoms with van der Waals surface area (Å²) < 4.78 is 0. The molecule has 1 saturated heterocycles. The van der Waals surface area contributed by atoms with E-state index in [1.54, 1.807) is 5.56 Å². The van der Waals surface area contributed by atoms with E-state index >= 15 is 0 Å². The third-order valence-electron chi connectivity index (χ3n) is 5.02. The SMILES string of the molecule is Cc1cccc(C)c1CC1(C(C)C)CCCCCN1. The highest BCUT2D eigenvalue weighted by Gasteiger charge is 2.34. The fraction of sp³-hybridized carbons (Fsp3) is 0.667. The summed E-state index contributed by atoms with van der Waals surface area (Å²) in [5.41, 5.74) is 4.76. The molecule has 2 rings (SSSR count). The zero-order valence-electron chi connectivity index (χ0n) is 13.1. The zero-order chi connectivity index (χ0) is 13.9. The summed E-state index contributed by atoms with van der Waals surface area (Å²) in [7, 11) is 0. The van der Waals surface area contributed by atoms with Gasteiger partial charge in [0, 0.05) is 5.54 Å². The molecule has 1 aliphatic heterocycles. The Labute approximate surface area is 118 Å². The molecule has 1 heteroatoms. The largest absolute Gasteiger partial charge is 0.311 e. The van der Waals surface area contributed by atoms with Crippen molar-refractivity contribution in [1.29, 1.82) is 0 Å². The molecule has 19 heavy (non-hydrogen) atoms. The van der Waals surface area contributed by atoms with E-state index in [0.717, 1.165) is 0 Å². The van der Waals surface area contributed by atoms with Crippen LogP contribution in [0.4, 0.5) is 0 Å². The number of nitrogens with one attached hydrogen (secondary N) is 1. The van der Waals surface area contributed by atoms with Crippen molar-refractivity contribution in [3.05, 3.63) is 34.9 Å². The van der Waals surface area contributed by atoms with Gasteiger partial charge in [-0.05, 0) is 62.3 Å². The fourth-order valence-corrected chi connectivity index (χ4v) is 3.46. The lowest BCUT2D eigenvalue weighted by atomic mass is 9.76. The molecule has 1 aromatic carbocycles. The van der Waals surface area contributed by atoms with Gasteiger partial charge in [-0.3, -0.25) is 0 Å². The van der Waals surface area contributed by atoms with Gasteiger partial charge >= 0.3 is 0 Å². The minimum atomic E-state index is 0.299. The summed E-state index contributed by atoms with van der Waals surface area (Å²) >= 11 is 0. The fourth-order valence-electron chi connectivity index (χ4n) is 3.46. The highest BCUT2D eigenvalue weighted by molar-refractivity contribution is 5.35. The summed E-state index contributed by atoms with van der Waals surface area (Å²) in [5.74, 6) is 0.685. The molecular formula is C18H29N. The van der Waals surface area contributed by atoms with Crippen LogP contribution in [0.3, 0.4) is 0 Å². The Morgan fingerprint density at radius 2 is 1.79 bits per heavy atom. The van der Waals surface area contributed by atoms with Crippen molar-refractivity contribution < 1.29 is 0 Å². The molecule has 0 spiro atoms. The van der Waals surface area contributed by atoms with Crippen LogP contribution in [-0.4, -0.2) is 12.1 Å². The van der Waals surface area contributed by atoms with Crippen LogP contribution < -0.4 is 5.32 Å². The number of benzene rings is 1. The Morgan fingerprint density at radius 3 is 2.42 bits per heavy atom. The second-order valence-corrected chi connectivity index (χ2v) is 6.60. The molecule has 0 saturated carbocycles. The van der Waals surface area contributed by atoms with Crippen LogP contribution in [0.15, 0.2) is 18.2 Å². The van der Waals surface area contributed by atoms with Crippen LogP contribution in [0, 0.1) is 19.8 Å². The first kappa shape index (κ1) is 14.6. The molecule has 1 fully saturated rings. The first-order chi connectivity index (χ1) is 9.05. The van der Waals surface area contributed by atoms with E-state index in [9.17, 15) is 0 Å². The number of hydrogen-bond acceptors (Lipinski definition) is 1. The molecular weight excluding hydrogens is 230 g/mol. The van der Waals surface area contributed by atoms with E-state index < -0.39 is 0 Å². The highest BCUT2D eigenvalue weighted by Crippen LogP contribution is 2.32. The Bertz CT molecular complexity index is 391. The topological polar surface area (TPSA) is 12.0 Å². The van der Waals surface area contributed by atoms with Crippen LogP contribution in [0.25, 0.3) is 0 Å². The van der Waals surface area contributed by atoms with Crippen LogP contribution in [0.1, 0.15) is 56.2 Å². The lowest BCUT2D eigenvalue weighted by molar-refractivity contribution is 0.225. The van der Waals surface area contributed by atoms with E-state index in [2.05, 4.69) is 51.2 Å². The third-order valence-corrected chi connectivity index (χ3v) is 5.02. The van der Waals surface area contributed by atoms with Gasteiger partial charge in [-0.1, -0.05) is 44.9 Å². The molecule has 1 unspecified atom stereocenters. The van der Waals surface area contributed by atoms with Gasteiger partial charge in [0.05, 0.1) is 0 Å². The van der Waals surface area contributed by atoms with Crippen LogP contribution >= 0.6 is 0 Å². The Morgan fingerprint density at radius 1 is 1.11 bits per heavy atom. The van der Waals surface area contributed by atoms with Gasteiger partial charge < -0.3 is 5.32 Å². The van der Waals surface area contributed by atoms with Crippen molar-refractivity contribution in [3.8, 4) is 0 Å². The molecule has 0 aromatic heterocycles. The minimum absolute atomic E-state index is 0.299. The van der Waals surface area contributed by atoms with Crippen LogP contribution in [0.2, 0.25) is 0 Å². The van der Waals surface area contributed by atoms with Crippen molar-refractivity contribution in [3.63, 3.8) is 0 Å². The monoisotopic (exact) mass is 259 g/mol. The molecule has 0 radical (unpaired) electrons. The lowest BCUT2D eigenvalue weighted by Gasteiger charge is -2.39. The van der Waals surface area contributed by atoms with E-state index in [1.165, 1.54) is 49.8 Å². The second-order valence-electron chi connectivity index (χ2n) is 6.60. The van der Waals surface area contributed by atoms with Gasteiger partial charge in [0.1, 0.15) is 0 Å². The van der Waals surface area contributed by atoms with Crippen molar-refractivity contribution in [2.24, 2.45) is 5.92 Å². The van der Waals surface area contributed by atoms with E-state index in [0.29, 0.717) is 11.5 Å². The molecule has 0 aliphatic carbocycles. The van der Waals surface area contributed by atoms with Crippen molar-refractivity contribution in [2.75, 3.05) is 6.54 Å². The first-order valence-corrected chi connectivity index (χ1v) is 7.85. The van der Waals surface area contributed by atoms with E-state index in [1.807, 2.05) is 0 Å². The summed E-state index contributed by atoms with van der Waals surface area (Å²) in [6, 6.07) is 6.69. The van der Waals surface area contributed by atoms with Crippen molar-refractivity contribution in [2.45, 2.75) is 65.3 Å². The van der Waals surface area contributed by atoms with Gasteiger partial charge in [-0.25, -0.2) is 0 Å². The maximum atomic E-state index is 3.90. The number of rotatable bonds is 3. The smallest absolute Gasteiger partial charge is 0.0244 e. The predicted octanol–water partition coefficient (Wildman–Crippen LogP) is 4.40. The summed E-state index contributed by atoms with van der Waals surface area (Å²) in [4.78, 5) is 0. The Kier molecular flexibility index (Phi) is 4.67. The molecule has 1 aliphatic rings. The Hall–Kier alpha value is -0.820. The standard InChI is InChI=1S/C18H29N/c1-14(2)18(11-6-5-7-12-19-18)13-17-15(3)9-8-10-16(17)4/h8-10,14,19H,5-7,11-13H2,1-4H3. The van der Waals surface area contributed by atoms with Crippen LogP contribution in [-0.2, 0) is 6.42 Å². The van der Waals surface area contributed by atoms with Gasteiger partial charge in [0.2, 0.25) is 0 Å². The molecule has 1 aromatic rings. The maximum absolute atomic E-state index is 3.90.